The van der Waals surface area contributed by atoms with Crippen LogP contribution in [0, 0.1) is 5.92 Å². The Morgan fingerprint density at radius 1 is 1.41 bits per heavy atom. The average Bonchev–Trinajstić information content (AvgIpc) is 2.96. The number of ketones is 1. The van der Waals surface area contributed by atoms with E-state index in [1.807, 2.05) is 32.9 Å². The van der Waals surface area contributed by atoms with Crippen molar-refractivity contribution < 1.29 is 14.3 Å². The van der Waals surface area contributed by atoms with Gasteiger partial charge in [0.2, 0.25) is 0 Å². The van der Waals surface area contributed by atoms with Gasteiger partial charge >= 0.3 is 6.09 Å². The third kappa shape index (κ3) is 2.72. The van der Waals surface area contributed by atoms with Crippen LogP contribution < -0.4 is 0 Å². The molecule has 1 aromatic rings. The number of amides is 1. The molecular formula is C17H22N2O3. The summed E-state index contributed by atoms with van der Waals surface area (Å²) < 4.78 is 5.47. The van der Waals surface area contributed by atoms with Crippen molar-refractivity contribution in [2.24, 2.45) is 5.92 Å². The fraction of sp³-hybridized carbons (Fsp3) is 0.588. The second-order valence-electron chi connectivity index (χ2n) is 7.12. The predicted octanol–water partition coefficient (Wildman–Crippen LogP) is 2.59. The zero-order valence-corrected chi connectivity index (χ0v) is 13.3. The van der Waals surface area contributed by atoms with Gasteiger partial charge in [-0.3, -0.25) is 14.7 Å². The van der Waals surface area contributed by atoms with Gasteiger partial charge in [-0.1, -0.05) is 6.07 Å². The molecular weight excluding hydrogens is 280 g/mol. The molecule has 3 heterocycles. The number of pyridine rings is 1. The molecule has 0 spiro atoms. The van der Waals surface area contributed by atoms with Crippen LogP contribution in [0.3, 0.4) is 0 Å². The number of carbonyl (C=O) groups is 2. The zero-order chi connectivity index (χ0) is 15.9. The van der Waals surface area contributed by atoms with Gasteiger partial charge in [-0.05, 0) is 51.7 Å². The summed E-state index contributed by atoms with van der Waals surface area (Å²) in [6.45, 7) is 5.54. The van der Waals surface area contributed by atoms with Crippen molar-refractivity contribution in [3.05, 3.63) is 30.1 Å². The summed E-state index contributed by atoms with van der Waals surface area (Å²) in [5.74, 6) is 0.0430. The van der Waals surface area contributed by atoms with Gasteiger partial charge in [0.1, 0.15) is 5.60 Å². The Morgan fingerprint density at radius 2 is 2.18 bits per heavy atom. The van der Waals surface area contributed by atoms with Crippen LogP contribution in [-0.2, 0) is 16.0 Å². The van der Waals surface area contributed by atoms with Crippen molar-refractivity contribution in [2.45, 2.75) is 57.7 Å². The van der Waals surface area contributed by atoms with Crippen LogP contribution >= 0.6 is 0 Å². The highest BCUT2D eigenvalue weighted by Crippen LogP contribution is 2.41. The van der Waals surface area contributed by atoms with E-state index in [1.54, 1.807) is 17.3 Å². The molecule has 0 saturated carbocycles. The van der Waals surface area contributed by atoms with E-state index in [1.165, 1.54) is 0 Å². The monoisotopic (exact) mass is 302 g/mol. The molecule has 1 amide bonds. The molecule has 3 unspecified atom stereocenters. The maximum atomic E-state index is 12.6. The number of rotatable bonds is 2. The van der Waals surface area contributed by atoms with E-state index < -0.39 is 5.60 Å². The summed E-state index contributed by atoms with van der Waals surface area (Å²) in [5, 5.41) is 0. The molecule has 2 aliphatic rings. The Labute approximate surface area is 130 Å². The summed E-state index contributed by atoms with van der Waals surface area (Å²) in [7, 11) is 0. The summed E-state index contributed by atoms with van der Waals surface area (Å²) in [6, 6.07) is 3.51. The number of aromatic nitrogens is 1. The SMILES string of the molecule is CC(C)(C)OC(=O)N1C2CCC1C(Cc1cccnc1)C2=O. The quantitative estimate of drug-likeness (QED) is 0.842. The lowest BCUT2D eigenvalue weighted by molar-refractivity contribution is -0.123. The third-order valence-corrected chi connectivity index (χ3v) is 4.37. The Kier molecular flexibility index (Phi) is 3.67. The first-order chi connectivity index (χ1) is 10.4. The van der Waals surface area contributed by atoms with E-state index >= 15 is 0 Å². The van der Waals surface area contributed by atoms with Gasteiger partial charge in [0.05, 0.1) is 6.04 Å². The average molecular weight is 302 g/mol. The molecule has 2 saturated heterocycles. The third-order valence-electron chi connectivity index (χ3n) is 4.37. The molecule has 0 aliphatic carbocycles. The van der Waals surface area contributed by atoms with Crippen molar-refractivity contribution in [3.8, 4) is 0 Å². The van der Waals surface area contributed by atoms with Crippen LogP contribution in [0.5, 0.6) is 0 Å². The molecule has 0 aromatic carbocycles. The second-order valence-corrected chi connectivity index (χ2v) is 7.12. The summed E-state index contributed by atoms with van der Waals surface area (Å²) in [5.41, 5.74) is 0.499. The topological polar surface area (TPSA) is 59.5 Å². The fourth-order valence-electron chi connectivity index (χ4n) is 3.54. The van der Waals surface area contributed by atoms with Gasteiger partial charge in [-0.25, -0.2) is 4.79 Å². The van der Waals surface area contributed by atoms with E-state index in [2.05, 4.69) is 4.98 Å². The van der Waals surface area contributed by atoms with E-state index in [9.17, 15) is 9.59 Å². The molecule has 5 nitrogen and oxygen atoms in total. The van der Waals surface area contributed by atoms with Crippen molar-refractivity contribution in [1.29, 1.82) is 0 Å². The summed E-state index contributed by atoms with van der Waals surface area (Å²) in [6.07, 6.45) is 5.43. The first-order valence-corrected chi connectivity index (χ1v) is 7.81. The Morgan fingerprint density at radius 3 is 2.82 bits per heavy atom. The predicted molar refractivity (Wildman–Crippen MR) is 81.3 cm³/mol. The zero-order valence-electron chi connectivity index (χ0n) is 13.3. The van der Waals surface area contributed by atoms with Crippen LogP contribution in [0.4, 0.5) is 4.79 Å². The highest BCUT2D eigenvalue weighted by Gasteiger charge is 2.55. The molecule has 5 heteroatoms. The molecule has 118 valence electrons. The normalized spacial score (nSPS) is 27.3. The molecule has 1 aromatic heterocycles. The standard InChI is InChI=1S/C17H22N2O3/c1-17(2,3)22-16(21)19-13-6-7-14(19)15(20)12(13)9-11-5-4-8-18-10-11/h4-5,8,10,12-14H,6-7,9H2,1-3H3. The molecule has 3 rings (SSSR count). The van der Waals surface area contributed by atoms with E-state index in [-0.39, 0.29) is 29.9 Å². The smallest absolute Gasteiger partial charge is 0.411 e. The lowest BCUT2D eigenvalue weighted by atomic mass is 9.84. The first kappa shape index (κ1) is 15.0. The summed E-state index contributed by atoms with van der Waals surface area (Å²) >= 11 is 0. The minimum atomic E-state index is -0.541. The molecule has 0 N–H and O–H groups in total. The minimum Gasteiger partial charge on any atom is -0.444 e. The number of nitrogens with zero attached hydrogens (tertiary/aromatic N) is 2. The molecule has 22 heavy (non-hydrogen) atoms. The van der Waals surface area contributed by atoms with Gasteiger partial charge in [0, 0.05) is 24.4 Å². The number of fused-ring (bicyclic) bond motifs is 2. The first-order valence-electron chi connectivity index (χ1n) is 7.81. The maximum Gasteiger partial charge on any atom is 0.411 e. The minimum absolute atomic E-state index is 0.0347. The molecule has 2 bridgehead atoms. The number of ether oxygens (including phenoxy) is 1. The van der Waals surface area contributed by atoms with Crippen molar-refractivity contribution in [3.63, 3.8) is 0 Å². The Bertz CT molecular complexity index is 579. The molecule has 3 atom stereocenters. The van der Waals surface area contributed by atoms with Crippen LogP contribution in [0.15, 0.2) is 24.5 Å². The van der Waals surface area contributed by atoms with Crippen LogP contribution in [0.25, 0.3) is 0 Å². The molecule has 2 fully saturated rings. The molecule has 0 radical (unpaired) electrons. The lowest BCUT2D eigenvalue weighted by Crippen LogP contribution is -2.41. The van der Waals surface area contributed by atoms with Gasteiger partial charge in [0.25, 0.3) is 0 Å². The van der Waals surface area contributed by atoms with E-state index in [0.29, 0.717) is 6.42 Å². The fourth-order valence-corrected chi connectivity index (χ4v) is 3.54. The van der Waals surface area contributed by atoms with Gasteiger partial charge in [-0.15, -0.1) is 0 Å². The van der Waals surface area contributed by atoms with Gasteiger partial charge in [0.15, 0.2) is 5.78 Å². The largest absolute Gasteiger partial charge is 0.444 e. The highest BCUT2D eigenvalue weighted by molar-refractivity contribution is 5.94. The van der Waals surface area contributed by atoms with E-state index in [0.717, 1.165) is 18.4 Å². The lowest BCUT2D eigenvalue weighted by Gasteiger charge is -2.27. The van der Waals surface area contributed by atoms with Crippen molar-refractivity contribution in [1.82, 2.24) is 9.88 Å². The highest BCUT2D eigenvalue weighted by atomic mass is 16.6. The number of Topliss-reactive ketones (excluding diaryl/α,β-unsaturated/α-hetero) is 1. The van der Waals surface area contributed by atoms with Crippen molar-refractivity contribution in [2.75, 3.05) is 0 Å². The van der Waals surface area contributed by atoms with E-state index in [4.69, 9.17) is 4.74 Å². The summed E-state index contributed by atoms with van der Waals surface area (Å²) in [4.78, 5) is 30.8. The van der Waals surface area contributed by atoms with Crippen molar-refractivity contribution >= 4 is 11.9 Å². The number of carbonyl (C=O) groups excluding carboxylic acids is 2. The van der Waals surface area contributed by atoms with Gasteiger partial charge < -0.3 is 4.74 Å². The van der Waals surface area contributed by atoms with Crippen LogP contribution in [-0.4, -0.2) is 39.4 Å². The maximum absolute atomic E-state index is 12.6. The molecule has 2 aliphatic heterocycles. The second kappa shape index (κ2) is 5.38. The number of hydrogen-bond acceptors (Lipinski definition) is 4. The number of hydrogen-bond donors (Lipinski definition) is 0. The Balaban J connectivity index is 1.76. The van der Waals surface area contributed by atoms with Crippen LogP contribution in [0.1, 0.15) is 39.2 Å². The Hall–Kier alpha value is -1.91. The van der Waals surface area contributed by atoms with Crippen LogP contribution in [0.2, 0.25) is 0 Å². The van der Waals surface area contributed by atoms with Gasteiger partial charge in [-0.2, -0.15) is 0 Å².